The molecule has 0 radical (unpaired) electrons. The minimum atomic E-state index is -3.81. The lowest BCUT2D eigenvalue weighted by atomic mass is 10.1. The molecule has 7 nitrogen and oxygen atoms in total. The number of anilines is 1. The van der Waals surface area contributed by atoms with Crippen LogP contribution in [0, 0.1) is 13.8 Å². The molecule has 1 aromatic heterocycles. The molecule has 0 saturated heterocycles. The molecule has 0 fully saturated rings. The van der Waals surface area contributed by atoms with Crippen LogP contribution < -0.4 is 4.72 Å². The van der Waals surface area contributed by atoms with Crippen molar-refractivity contribution in [3.05, 3.63) is 77.1 Å². The third-order valence-corrected chi connectivity index (χ3v) is 5.96. The number of carbonyl (C=O) groups excluding carboxylic acids is 1. The van der Waals surface area contributed by atoms with E-state index in [0.29, 0.717) is 23.4 Å². The highest BCUT2D eigenvalue weighted by Gasteiger charge is 2.20. The van der Waals surface area contributed by atoms with Crippen molar-refractivity contribution in [2.75, 3.05) is 11.8 Å². The Morgan fingerprint density at radius 3 is 2.45 bits per heavy atom. The largest absolute Gasteiger partial charge is 0.337 e. The van der Waals surface area contributed by atoms with Crippen molar-refractivity contribution in [3.8, 4) is 0 Å². The number of nitrogens with one attached hydrogen (secondary N) is 1. The highest BCUT2D eigenvalue weighted by atomic mass is 32.2. The van der Waals surface area contributed by atoms with E-state index in [2.05, 4.69) is 9.82 Å². The number of rotatable bonds is 6. The van der Waals surface area contributed by atoms with Gasteiger partial charge in [-0.3, -0.25) is 14.2 Å². The third kappa shape index (κ3) is 4.83. The van der Waals surface area contributed by atoms with Gasteiger partial charge in [0.1, 0.15) is 0 Å². The Labute approximate surface area is 171 Å². The SMILES string of the molecule is Cc1ccc(NS(=O)(=O)c2ccc(C)c(C(=O)N(C)Cc3cnn(C)c3)c2)cc1. The molecule has 1 N–H and O–H groups in total. The first-order chi connectivity index (χ1) is 13.7. The van der Waals surface area contributed by atoms with Gasteiger partial charge in [-0.05, 0) is 43.7 Å². The van der Waals surface area contributed by atoms with Gasteiger partial charge in [-0.1, -0.05) is 23.8 Å². The summed E-state index contributed by atoms with van der Waals surface area (Å²) in [5.41, 5.74) is 3.46. The van der Waals surface area contributed by atoms with Gasteiger partial charge in [0.2, 0.25) is 0 Å². The summed E-state index contributed by atoms with van der Waals surface area (Å²) in [6, 6.07) is 11.6. The quantitative estimate of drug-likeness (QED) is 0.674. The number of benzene rings is 2. The van der Waals surface area contributed by atoms with E-state index in [9.17, 15) is 13.2 Å². The summed E-state index contributed by atoms with van der Waals surface area (Å²) in [5, 5.41) is 4.10. The molecule has 8 heteroatoms. The monoisotopic (exact) mass is 412 g/mol. The van der Waals surface area contributed by atoms with Crippen molar-refractivity contribution in [1.29, 1.82) is 0 Å². The van der Waals surface area contributed by atoms with Gasteiger partial charge in [-0.25, -0.2) is 8.42 Å². The molecule has 0 aliphatic carbocycles. The van der Waals surface area contributed by atoms with Crippen LogP contribution in [-0.2, 0) is 23.6 Å². The molecule has 0 saturated carbocycles. The summed E-state index contributed by atoms with van der Waals surface area (Å²) in [5.74, 6) is -0.251. The molecule has 2 aromatic carbocycles. The Hall–Kier alpha value is -3.13. The molecule has 0 bridgehead atoms. The van der Waals surface area contributed by atoms with Crippen molar-refractivity contribution in [1.82, 2.24) is 14.7 Å². The van der Waals surface area contributed by atoms with Crippen LogP contribution in [-0.4, -0.2) is 36.1 Å². The fourth-order valence-electron chi connectivity index (χ4n) is 2.94. The van der Waals surface area contributed by atoms with Crippen LogP contribution in [0.25, 0.3) is 0 Å². The van der Waals surface area contributed by atoms with Crippen LogP contribution in [0.1, 0.15) is 27.0 Å². The molecular weight excluding hydrogens is 388 g/mol. The zero-order valence-corrected chi connectivity index (χ0v) is 17.7. The smallest absolute Gasteiger partial charge is 0.261 e. The first-order valence-corrected chi connectivity index (χ1v) is 10.6. The number of aromatic nitrogens is 2. The Morgan fingerprint density at radius 2 is 1.83 bits per heavy atom. The second-order valence-corrected chi connectivity index (χ2v) is 8.81. The molecule has 1 amide bonds. The summed E-state index contributed by atoms with van der Waals surface area (Å²) in [6.45, 7) is 4.10. The predicted octanol–water partition coefficient (Wildman–Crippen LogP) is 3.11. The maximum Gasteiger partial charge on any atom is 0.261 e. The Balaban J connectivity index is 1.84. The Bertz CT molecular complexity index is 1130. The second-order valence-electron chi connectivity index (χ2n) is 7.13. The van der Waals surface area contributed by atoms with Crippen LogP contribution in [0.15, 0.2) is 59.8 Å². The molecule has 152 valence electrons. The number of hydrogen-bond donors (Lipinski definition) is 1. The van der Waals surface area contributed by atoms with Gasteiger partial charge < -0.3 is 4.90 Å². The number of sulfonamides is 1. The van der Waals surface area contributed by atoms with Gasteiger partial charge in [-0.15, -0.1) is 0 Å². The average molecular weight is 413 g/mol. The van der Waals surface area contributed by atoms with Gasteiger partial charge in [0.25, 0.3) is 15.9 Å². The summed E-state index contributed by atoms with van der Waals surface area (Å²) in [4.78, 5) is 14.5. The van der Waals surface area contributed by atoms with Crippen LogP contribution in [0.4, 0.5) is 5.69 Å². The Morgan fingerprint density at radius 1 is 1.14 bits per heavy atom. The van der Waals surface area contributed by atoms with Crippen LogP contribution in [0.3, 0.4) is 0 Å². The molecule has 3 rings (SSSR count). The molecule has 29 heavy (non-hydrogen) atoms. The Kier molecular flexibility index (Phi) is 5.74. The number of amides is 1. The average Bonchev–Trinajstić information content (AvgIpc) is 3.07. The molecular formula is C21H24N4O3S. The maximum atomic E-state index is 12.9. The zero-order chi connectivity index (χ0) is 21.2. The maximum absolute atomic E-state index is 12.9. The van der Waals surface area contributed by atoms with E-state index >= 15 is 0 Å². The number of carbonyl (C=O) groups is 1. The molecule has 3 aromatic rings. The summed E-state index contributed by atoms with van der Waals surface area (Å²) >= 11 is 0. The number of aryl methyl sites for hydroxylation is 3. The van der Waals surface area contributed by atoms with Crippen molar-refractivity contribution >= 4 is 21.6 Å². The fourth-order valence-corrected chi connectivity index (χ4v) is 4.02. The van der Waals surface area contributed by atoms with Gasteiger partial charge >= 0.3 is 0 Å². The normalized spacial score (nSPS) is 11.3. The lowest BCUT2D eigenvalue weighted by Crippen LogP contribution is -2.27. The predicted molar refractivity (Wildman–Crippen MR) is 112 cm³/mol. The molecule has 1 heterocycles. The van der Waals surface area contributed by atoms with E-state index in [1.807, 2.05) is 32.3 Å². The van der Waals surface area contributed by atoms with Crippen molar-refractivity contribution in [2.45, 2.75) is 25.3 Å². The minimum absolute atomic E-state index is 0.0433. The first kappa shape index (κ1) is 20.6. The fraction of sp³-hybridized carbons (Fsp3) is 0.238. The van der Waals surface area contributed by atoms with E-state index in [4.69, 9.17) is 0 Å². The topological polar surface area (TPSA) is 84.3 Å². The van der Waals surface area contributed by atoms with Gasteiger partial charge in [0.05, 0.1) is 11.1 Å². The minimum Gasteiger partial charge on any atom is -0.337 e. The summed E-state index contributed by atoms with van der Waals surface area (Å²) in [7, 11) is -0.323. The molecule has 0 aliphatic rings. The van der Waals surface area contributed by atoms with Crippen LogP contribution in [0.5, 0.6) is 0 Å². The molecule has 0 unspecified atom stereocenters. The van der Waals surface area contributed by atoms with E-state index in [1.54, 1.807) is 47.9 Å². The number of nitrogens with zero attached hydrogens (tertiary/aromatic N) is 3. The molecule has 0 spiro atoms. The molecule has 0 aliphatic heterocycles. The van der Waals surface area contributed by atoms with E-state index in [0.717, 1.165) is 11.1 Å². The lowest BCUT2D eigenvalue weighted by Gasteiger charge is -2.18. The van der Waals surface area contributed by atoms with E-state index in [1.165, 1.54) is 12.1 Å². The highest BCUT2D eigenvalue weighted by molar-refractivity contribution is 7.92. The van der Waals surface area contributed by atoms with Crippen molar-refractivity contribution < 1.29 is 13.2 Å². The van der Waals surface area contributed by atoms with Gasteiger partial charge in [-0.2, -0.15) is 5.10 Å². The van der Waals surface area contributed by atoms with Crippen molar-refractivity contribution in [3.63, 3.8) is 0 Å². The van der Waals surface area contributed by atoms with Crippen LogP contribution >= 0.6 is 0 Å². The van der Waals surface area contributed by atoms with Gasteiger partial charge in [0.15, 0.2) is 0 Å². The lowest BCUT2D eigenvalue weighted by molar-refractivity contribution is 0.0784. The zero-order valence-electron chi connectivity index (χ0n) is 16.9. The van der Waals surface area contributed by atoms with Crippen molar-refractivity contribution in [2.24, 2.45) is 7.05 Å². The standard InChI is InChI=1S/C21H24N4O3S/c1-15-5-8-18(9-6-15)23-29(27,28)19-10-7-16(2)20(11-19)21(26)24(3)13-17-12-22-25(4)14-17/h5-12,14,23H,13H2,1-4H3. The van der Waals surface area contributed by atoms with Gasteiger partial charge in [0, 0.05) is 43.7 Å². The highest BCUT2D eigenvalue weighted by Crippen LogP contribution is 2.21. The second kappa shape index (κ2) is 8.08. The van der Waals surface area contributed by atoms with Crippen LogP contribution in [0.2, 0.25) is 0 Å². The third-order valence-electron chi connectivity index (χ3n) is 4.58. The molecule has 0 atom stereocenters. The van der Waals surface area contributed by atoms with E-state index in [-0.39, 0.29) is 10.8 Å². The summed E-state index contributed by atoms with van der Waals surface area (Å²) < 4.78 is 29.8. The first-order valence-electron chi connectivity index (χ1n) is 9.09. The number of hydrogen-bond acceptors (Lipinski definition) is 4. The summed E-state index contributed by atoms with van der Waals surface area (Å²) in [6.07, 6.45) is 3.53. The van der Waals surface area contributed by atoms with E-state index < -0.39 is 10.0 Å².